The predicted molar refractivity (Wildman–Crippen MR) is 106 cm³/mol. The zero-order valence-corrected chi connectivity index (χ0v) is 16.2. The van der Waals surface area contributed by atoms with Crippen molar-refractivity contribution in [2.24, 2.45) is 0 Å². The summed E-state index contributed by atoms with van der Waals surface area (Å²) in [6, 6.07) is 14.4. The van der Waals surface area contributed by atoms with Crippen LogP contribution in [0.3, 0.4) is 0 Å². The van der Waals surface area contributed by atoms with E-state index in [1.165, 1.54) is 10.5 Å². The van der Waals surface area contributed by atoms with E-state index in [2.05, 4.69) is 36.1 Å². The molecule has 1 heterocycles. The molecule has 1 N–H and O–H groups in total. The van der Waals surface area contributed by atoms with Gasteiger partial charge >= 0.3 is 6.09 Å². The molecule has 138 valence electrons. The standard InChI is InChI=1S/C20H22Cl2N2O2/c1-14-2-5-16(6-3-14)24(13-15-4-7-18(21)19(22)12-15)17-8-10-23(11-9-17)20(25)26/h2-7,12,17H,8-11,13H2,1H3,(H,25,26). The first kappa shape index (κ1) is 18.9. The third-order valence-electron chi connectivity index (χ3n) is 4.88. The topological polar surface area (TPSA) is 43.8 Å². The van der Waals surface area contributed by atoms with Gasteiger partial charge in [0.2, 0.25) is 0 Å². The van der Waals surface area contributed by atoms with Crippen molar-refractivity contribution in [2.45, 2.75) is 32.4 Å². The number of likely N-dealkylation sites (tertiary alicyclic amines) is 1. The lowest BCUT2D eigenvalue weighted by atomic mass is 10.0. The molecule has 0 aliphatic carbocycles. The van der Waals surface area contributed by atoms with Gasteiger partial charge in [0.25, 0.3) is 0 Å². The Balaban J connectivity index is 1.83. The maximum absolute atomic E-state index is 11.2. The molecule has 0 atom stereocenters. The van der Waals surface area contributed by atoms with E-state index in [0.717, 1.165) is 24.1 Å². The minimum absolute atomic E-state index is 0.280. The molecule has 1 fully saturated rings. The zero-order chi connectivity index (χ0) is 18.7. The van der Waals surface area contributed by atoms with Crippen LogP contribution in [-0.2, 0) is 6.54 Å². The van der Waals surface area contributed by atoms with E-state index in [0.29, 0.717) is 29.7 Å². The highest BCUT2D eigenvalue weighted by Gasteiger charge is 2.27. The Bertz CT molecular complexity index is 772. The molecule has 2 aromatic rings. The van der Waals surface area contributed by atoms with Gasteiger partial charge in [0.15, 0.2) is 0 Å². The number of nitrogens with zero attached hydrogens (tertiary/aromatic N) is 2. The molecule has 0 spiro atoms. The van der Waals surface area contributed by atoms with Crippen molar-refractivity contribution in [1.82, 2.24) is 4.90 Å². The van der Waals surface area contributed by atoms with Gasteiger partial charge in [0.05, 0.1) is 10.0 Å². The van der Waals surface area contributed by atoms with E-state index in [1.54, 1.807) is 0 Å². The lowest BCUT2D eigenvalue weighted by Gasteiger charge is -2.39. The number of amides is 1. The van der Waals surface area contributed by atoms with Gasteiger partial charge in [0.1, 0.15) is 0 Å². The molecule has 0 aromatic heterocycles. The number of carboxylic acid groups (broad SMARTS) is 1. The number of rotatable bonds is 4. The lowest BCUT2D eigenvalue weighted by molar-refractivity contribution is 0.131. The first-order chi connectivity index (χ1) is 12.4. The van der Waals surface area contributed by atoms with E-state index in [4.69, 9.17) is 23.2 Å². The number of anilines is 1. The van der Waals surface area contributed by atoms with Crippen LogP contribution >= 0.6 is 23.2 Å². The Kier molecular flexibility index (Phi) is 5.94. The summed E-state index contributed by atoms with van der Waals surface area (Å²) >= 11 is 12.2. The summed E-state index contributed by atoms with van der Waals surface area (Å²) in [5.74, 6) is 0. The number of hydrogen-bond donors (Lipinski definition) is 1. The van der Waals surface area contributed by atoms with E-state index in [1.807, 2.05) is 18.2 Å². The average molecular weight is 393 g/mol. The number of carbonyl (C=O) groups is 1. The van der Waals surface area contributed by atoms with Crippen LogP contribution in [0.5, 0.6) is 0 Å². The van der Waals surface area contributed by atoms with Crippen molar-refractivity contribution in [3.05, 3.63) is 63.6 Å². The fraction of sp³-hybridized carbons (Fsp3) is 0.350. The van der Waals surface area contributed by atoms with Crippen molar-refractivity contribution >= 4 is 35.0 Å². The van der Waals surface area contributed by atoms with Gasteiger partial charge in [-0.3, -0.25) is 0 Å². The van der Waals surface area contributed by atoms with Crippen molar-refractivity contribution in [3.8, 4) is 0 Å². The van der Waals surface area contributed by atoms with Crippen LogP contribution in [0.15, 0.2) is 42.5 Å². The van der Waals surface area contributed by atoms with Crippen LogP contribution < -0.4 is 4.90 Å². The maximum Gasteiger partial charge on any atom is 0.407 e. The highest BCUT2D eigenvalue weighted by atomic mass is 35.5. The van der Waals surface area contributed by atoms with Crippen LogP contribution in [0, 0.1) is 6.92 Å². The molecule has 6 heteroatoms. The lowest BCUT2D eigenvalue weighted by Crippen LogP contribution is -2.46. The fourth-order valence-electron chi connectivity index (χ4n) is 3.37. The maximum atomic E-state index is 11.2. The molecule has 0 radical (unpaired) electrons. The number of halogens is 2. The van der Waals surface area contributed by atoms with Gasteiger partial charge < -0.3 is 14.9 Å². The van der Waals surface area contributed by atoms with Crippen molar-refractivity contribution in [1.29, 1.82) is 0 Å². The molecular formula is C20H22Cl2N2O2. The molecule has 1 aliphatic rings. The summed E-state index contributed by atoms with van der Waals surface area (Å²) in [7, 11) is 0. The Labute approximate surface area is 163 Å². The third-order valence-corrected chi connectivity index (χ3v) is 5.62. The quantitative estimate of drug-likeness (QED) is 0.751. The van der Waals surface area contributed by atoms with E-state index >= 15 is 0 Å². The number of benzene rings is 2. The van der Waals surface area contributed by atoms with E-state index in [-0.39, 0.29) is 6.04 Å². The van der Waals surface area contributed by atoms with Crippen LogP contribution in [0.25, 0.3) is 0 Å². The first-order valence-electron chi connectivity index (χ1n) is 8.69. The number of piperidine rings is 1. The zero-order valence-electron chi connectivity index (χ0n) is 14.7. The second-order valence-electron chi connectivity index (χ2n) is 6.71. The Morgan fingerprint density at radius 2 is 1.77 bits per heavy atom. The highest BCUT2D eigenvalue weighted by Crippen LogP contribution is 2.28. The molecular weight excluding hydrogens is 371 g/mol. The summed E-state index contributed by atoms with van der Waals surface area (Å²) in [6.45, 7) is 3.89. The molecule has 4 nitrogen and oxygen atoms in total. The summed E-state index contributed by atoms with van der Waals surface area (Å²) in [5, 5.41) is 10.3. The molecule has 3 rings (SSSR count). The largest absolute Gasteiger partial charge is 0.465 e. The second kappa shape index (κ2) is 8.19. The van der Waals surface area contributed by atoms with Crippen LogP contribution in [0.1, 0.15) is 24.0 Å². The van der Waals surface area contributed by atoms with Gasteiger partial charge in [-0.05, 0) is 49.6 Å². The van der Waals surface area contributed by atoms with Gasteiger partial charge in [-0.15, -0.1) is 0 Å². The van der Waals surface area contributed by atoms with Gasteiger partial charge in [-0.2, -0.15) is 0 Å². The summed E-state index contributed by atoms with van der Waals surface area (Å²) < 4.78 is 0. The molecule has 2 aromatic carbocycles. The number of hydrogen-bond acceptors (Lipinski definition) is 2. The molecule has 0 bridgehead atoms. The minimum atomic E-state index is -0.838. The highest BCUT2D eigenvalue weighted by molar-refractivity contribution is 6.42. The first-order valence-corrected chi connectivity index (χ1v) is 9.45. The SMILES string of the molecule is Cc1ccc(N(Cc2ccc(Cl)c(Cl)c2)C2CCN(C(=O)O)CC2)cc1. The molecule has 0 unspecified atom stereocenters. The molecule has 1 aliphatic heterocycles. The molecule has 1 saturated heterocycles. The Morgan fingerprint density at radius 1 is 1.12 bits per heavy atom. The third kappa shape index (κ3) is 4.43. The predicted octanol–water partition coefficient (Wildman–Crippen LogP) is 5.45. The van der Waals surface area contributed by atoms with Gasteiger partial charge in [-0.25, -0.2) is 4.79 Å². The monoisotopic (exact) mass is 392 g/mol. The van der Waals surface area contributed by atoms with E-state index < -0.39 is 6.09 Å². The summed E-state index contributed by atoms with van der Waals surface area (Å²) in [6.07, 6.45) is 0.776. The van der Waals surface area contributed by atoms with Crippen LogP contribution in [0.2, 0.25) is 10.0 Å². The van der Waals surface area contributed by atoms with Crippen LogP contribution in [-0.4, -0.2) is 35.2 Å². The van der Waals surface area contributed by atoms with Crippen molar-refractivity contribution < 1.29 is 9.90 Å². The fourth-order valence-corrected chi connectivity index (χ4v) is 3.69. The van der Waals surface area contributed by atoms with E-state index in [9.17, 15) is 9.90 Å². The smallest absolute Gasteiger partial charge is 0.407 e. The van der Waals surface area contributed by atoms with Gasteiger partial charge in [-0.1, -0.05) is 47.0 Å². The molecule has 0 saturated carbocycles. The summed E-state index contributed by atoms with van der Waals surface area (Å²) in [5.41, 5.74) is 3.43. The minimum Gasteiger partial charge on any atom is -0.465 e. The average Bonchev–Trinajstić information content (AvgIpc) is 2.63. The van der Waals surface area contributed by atoms with Crippen LogP contribution in [0.4, 0.5) is 10.5 Å². The Hall–Kier alpha value is -1.91. The van der Waals surface area contributed by atoms with Crippen molar-refractivity contribution in [2.75, 3.05) is 18.0 Å². The Morgan fingerprint density at radius 3 is 2.35 bits per heavy atom. The second-order valence-corrected chi connectivity index (χ2v) is 7.53. The normalized spacial score (nSPS) is 15.1. The van der Waals surface area contributed by atoms with Crippen molar-refractivity contribution in [3.63, 3.8) is 0 Å². The molecule has 26 heavy (non-hydrogen) atoms. The van der Waals surface area contributed by atoms with Gasteiger partial charge in [0, 0.05) is 31.4 Å². The molecule has 1 amide bonds. The number of aryl methyl sites for hydroxylation is 1. The summed E-state index contributed by atoms with van der Waals surface area (Å²) in [4.78, 5) is 15.0.